The van der Waals surface area contributed by atoms with Crippen molar-refractivity contribution in [2.24, 2.45) is 0 Å². The highest BCUT2D eigenvalue weighted by Gasteiger charge is 2.23. The molecule has 2 aliphatic rings. The van der Waals surface area contributed by atoms with E-state index in [0.29, 0.717) is 6.54 Å². The second kappa shape index (κ2) is 8.40. The van der Waals surface area contributed by atoms with Crippen molar-refractivity contribution in [2.45, 2.75) is 51.7 Å². The molecule has 0 unspecified atom stereocenters. The summed E-state index contributed by atoms with van der Waals surface area (Å²) in [5.41, 5.74) is 2.91. The molecule has 1 aromatic carbocycles. The normalized spacial score (nSPS) is 21.8. The summed E-state index contributed by atoms with van der Waals surface area (Å²) in [6.07, 6.45) is 2.37. The van der Waals surface area contributed by atoms with Crippen LogP contribution < -0.4 is 5.32 Å². The lowest BCUT2D eigenvalue weighted by Crippen LogP contribution is -2.52. The number of hydrogen-bond acceptors (Lipinski definition) is 3. The van der Waals surface area contributed by atoms with Crippen LogP contribution in [0.2, 0.25) is 0 Å². The van der Waals surface area contributed by atoms with Crippen molar-refractivity contribution < 1.29 is 9.53 Å². The van der Waals surface area contributed by atoms with Gasteiger partial charge in [0.1, 0.15) is 0 Å². The predicted octanol–water partition coefficient (Wildman–Crippen LogP) is 2.99. The summed E-state index contributed by atoms with van der Waals surface area (Å²) in [6.45, 7) is 12.6. The third-order valence-corrected chi connectivity index (χ3v) is 5.39. The number of urea groups is 1. The number of benzene rings is 1. The largest absolute Gasteiger partial charge is 0.376 e. The minimum atomic E-state index is 0.0506. The summed E-state index contributed by atoms with van der Waals surface area (Å²) >= 11 is 0. The highest BCUT2D eigenvalue weighted by atomic mass is 16.5. The van der Waals surface area contributed by atoms with Gasteiger partial charge in [-0.1, -0.05) is 45.0 Å². The van der Waals surface area contributed by atoms with Crippen LogP contribution in [0.15, 0.2) is 24.3 Å². The van der Waals surface area contributed by atoms with Gasteiger partial charge in [-0.25, -0.2) is 4.79 Å². The smallest absolute Gasteiger partial charge is 0.317 e. The van der Waals surface area contributed by atoms with Gasteiger partial charge in [-0.15, -0.1) is 0 Å². The van der Waals surface area contributed by atoms with Crippen molar-refractivity contribution in [1.82, 2.24) is 15.1 Å². The average Bonchev–Trinajstić information content (AvgIpc) is 3.13. The van der Waals surface area contributed by atoms with E-state index < -0.39 is 0 Å². The van der Waals surface area contributed by atoms with Crippen LogP contribution in [0.5, 0.6) is 0 Å². The van der Waals surface area contributed by atoms with Crippen molar-refractivity contribution in [3.05, 3.63) is 35.4 Å². The van der Waals surface area contributed by atoms with Crippen molar-refractivity contribution >= 4 is 6.03 Å². The lowest BCUT2D eigenvalue weighted by molar-refractivity contribution is 0.104. The third kappa shape index (κ3) is 5.21. The first-order valence-electron chi connectivity index (χ1n) is 9.88. The maximum atomic E-state index is 12.3. The number of rotatable bonds is 4. The van der Waals surface area contributed by atoms with Gasteiger partial charge in [0, 0.05) is 45.9 Å². The van der Waals surface area contributed by atoms with Crippen molar-refractivity contribution in [1.29, 1.82) is 0 Å². The number of carbonyl (C=O) groups is 1. The van der Waals surface area contributed by atoms with Crippen LogP contribution in [0.3, 0.4) is 0 Å². The van der Waals surface area contributed by atoms with Gasteiger partial charge in [0.2, 0.25) is 0 Å². The van der Waals surface area contributed by atoms with Crippen LogP contribution in [0.4, 0.5) is 4.79 Å². The van der Waals surface area contributed by atoms with Gasteiger partial charge in [-0.3, -0.25) is 4.90 Å². The fraction of sp³-hybridized carbons (Fsp3) is 0.667. The second-order valence-corrected chi connectivity index (χ2v) is 8.53. The lowest BCUT2D eigenvalue weighted by atomic mass is 9.87. The summed E-state index contributed by atoms with van der Waals surface area (Å²) in [7, 11) is 0. The number of amides is 2. The van der Waals surface area contributed by atoms with Crippen LogP contribution in [-0.4, -0.2) is 61.3 Å². The Hall–Kier alpha value is -1.59. The molecule has 2 aliphatic heterocycles. The molecule has 1 aromatic rings. The Morgan fingerprint density at radius 2 is 1.85 bits per heavy atom. The number of carbonyl (C=O) groups excluding carboxylic acids is 1. The molecule has 0 spiro atoms. The first-order chi connectivity index (χ1) is 12.4. The van der Waals surface area contributed by atoms with Crippen LogP contribution in [-0.2, 0) is 16.7 Å². The molecule has 0 bridgehead atoms. The first kappa shape index (κ1) is 19.2. The van der Waals surface area contributed by atoms with E-state index >= 15 is 0 Å². The molecule has 0 aromatic heterocycles. The van der Waals surface area contributed by atoms with E-state index in [9.17, 15) is 4.79 Å². The highest BCUT2D eigenvalue weighted by Crippen LogP contribution is 2.22. The van der Waals surface area contributed by atoms with Crippen LogP contribution >= 0.6 is 0 Å². The molecule has 0 aliphatic carbocycles. The molecule has 1 atom stereocenters. The number of piperazine rings is 1. The molecule has 0 radical (unpaired) electrons. The summed E-state index contributed by atoms with van der Waals surface area (Å²) in [5.74, 6) is 0. The standard InChI is InChI=1S/C21H33N3O2/c1-21(2,3)18-8-6-17(7-9-18)16-23-10-12-24(13-11-23)20(25)22-15-19-5-4-14-26-19/h6-9,19H,4-5,10-16H2,1-3H3,(H,22,25)/t19-/m0/s1. The Bertz CT molecular complexity index is 580. The zero-order valence-corrected chi connectivity index (χ0v) is 16.5. The Kier molecular flexibility index (Phi) is 6.20. The molecule has 0 saturated carbocycles. The maximum absolute atomic E-state index is 12.3. The minimum Gasteiger partial charge on any atom is -0.376 e. The highest BCUT2D eigenvalue weighted by molar-refractivity contribution is 5.74. The monoisotopic (exact) mass is 359 g/mol. The molecule has 5 heteroatoms. The quantitative estimate of drug-likeness (QED) is 0.899. The molecule has 1 N–H and O–H groups in total. The minimum absolute atomic E-state index is 0.0506. The van der Waals surface area contributed by atoms with Gasteiger partial charge in [0.05, 0.1) is 6.10 Å². The molecule has 26 heavy (non-hydrogen) atoms. The van der Waals surface area contributed by atoms with E-state index in [1.54, 1.807) is 0 Å². The van der Waals surface area contributed by atoms with Crippen LogP contribution in [0, 0.1) is 0 Å². The van der Waals surface area contributed by atoms with E-state index in [4.69, 9.17) is 4.74 Å². The van der Waals surface area contributed by atoms with Gasteiger partial charge in [0.15, 0.2) is 0 Å². The number of hydrogen-bond donors (Lipinski definition) is 1. The third-order valence-electron chi connectivity index (χ3n) is 5.39. The van der Waals surface area contributed by atoms with Crippen LogP contribution in [0.1, 0.15) is 44.7 Å². The van der Waals surface area contributed by atoms with Gasteiger partial charge >= 0.3 is 6.03 Å². The molecular weight excluding hydrogens is 326 g/mol. The fourth-order valence-corrected chi connectivity index (χ4v) is 3.60. The molecule has 2 heterocycles. The van der Waals surface area contributed by atoms with E-state index in [1.807, 2.05) is 4.90 Å². The zero-order chi connectivity index (χ0) is 18.6. The summed E-state index contributed by atoms with van der Waals surface area (Å²) in [6, 6.07) is 9.01. The summed E-state index contributed by atoms with van der Waals surface area (Å²) < 4.78 is 5.56. The number of nitrogens with one attached hydrogen (secondary N) is 1. The van der Waals surface area contributed by atoms with Crippen LogP contribution in [0.25, 0.3) is 0 Å². The van der Waals surface area contributed by atoms with E-state index in [0.717, 1.165) is 52.2 Å². The Labute approximate surface area is 157 Å². The Morgan fingerprint density at radius 1 is 1.15 bits per heavy atom. The average molecular weight is 360 g/mol. The van der Waals surface area contributed by atoms with E-state index in [1.165, 1.54) is 11.1 Å². The molecule has 144 valence electrons. The van der Waals surface area contributed by atoms with Crippen molar-refractivity contribution in [2.75, 3.05) is 39.3 Å². The second-order valence-electron chi connectivity index (χ2n) is 8.53. The molecular formula is C21H33N3O2. The Balaban J connectivity index is 1.41. The van der Waals surface area contributed by atoms with Gasteiger partial charge in [0.25, 0.3) is 0 Å². The number of nitrogens with zero attached hydrogens (tertiary/aromatic N) is 2. The van der Waals surface area contributed by atoms with Crippen molar-refractivity contribution in [3.8, 4) is 0 Å². The first-order valence-corrected chi connectivity index (χ1v) is 9.88. The fourth-order valence-electron chi connectivity index (χ4n) is 3.60. The summed E-state index contributed by atoms with van der Waals surface area (Å²) in [4.78, 5) is 16.6. The zero-order valence-electron chi connectivity index (χ0n) is 16.5. The topological polar surface area (TPSA) is 44.8 Å². The molecule has 2 fully saturated rings. The van der Waals surface area contributed by atoms with Crippen molar-refractivity contribution in [3.63, 3.8) is 0 Å². The lowest BCUT2D eigenvalue weighted by Gasteiger charge is -2.35. The molecule has 2 saturated heterocycles. The van der Waals surface area contributed by atoms with E-state index in [2.05, 4.69) is 55.3 Å². The maximum Gasteiger partial charge on any atom is 0.317 e. The van der Waals surface area contributed by atoms with Gasteiger partial charge in [-0.2, -0.15) is 0 Å². The van der Waals surface area contributed by atoms with E-state index in [-0.39, 0.29) is 17.6 Å². The summed E-state index contributed by atoms with van der Waals surface area (Å²) in [5, 5.41) is 3.02. The van der Waals surface area contributed by atoms with Gasteiger partial charge in [-0.05, 0) is 29.4 Å². The molecule has 2 amide bonds. The number of ether oxygens (including phenoxy) is 1. The molecule has 5 nitrogen and oxygen atoms in total. The predicted molar refractivity (Wildman–Crippen MR) is 104 cm³/mol. The SMILES string of the molecule is CC(C)(C)c1ccc(CN2CCN(C(=O)NC[C@@H]3CCCO3)CC2)cc1. The van der Waals surface area contributed by atoms with Gasteiger partial charge < -0.3 is 15.0 Å². The molecule has 3 rings (SSSR count). The Morgan fingerprint density at radius 3 is 2.42 bits per heavy atom.